The molecule has 6 heteroatoms. The maximum Gasteiger partial charge on any atom is 0.337 e. The second kappa shape index (κ2) is 6.56. The van der Waals surface area contributed by atoms with Crippen LogP contribution in [0.2, 0.25) is 0 Å². The highest BCUT2D eigenvalue weighted by atomic mass is 79.9. The largest absolute Gasteiger partial charge is 0.478 e. The van der Waals surface area contributed by atoms with E-state index in [1.165, 1.54) is 6.07 Å². The fourth-order valence-corrected chi connectivity index (χ4v) is 2.17. The van der Waals surface area contributed by atoms with Crippen LogP contribution in [0.4, 0.5) is 5.69 Å². The molecule has 0 atom stereocenters. The summed E-state index contributed by atoms with van der Waals surface area (Å²) in [6.45, 7) is 4.54. The topological polar surface area (TPSA) is 83.6 Å². The summed E-state index contributed by atoms with van der Waals surface area (Å²) in [5.41, 5.74) is 5.88. The fraction of sp³-hybridized carbons (Fsp3) is 0.385. The quantitative estimate of drug-likeness (QED) is 0.837. The molecule has 0 bridgehead atoms. The smallest absolute Gasteiger partial charge is 0.337 e. The summed E-state index contributed by atoms with van der Waals surface area (Å²) in [7, 11) is 0. The summed E-state index contributed by atoms with van der Waals surface area (Å²) in [5, 5.41) is 9.22. The van der Waals surface area contributed by atoms with Gasteiger partial charge in [0.25, 0.3) is 0 Å². The van der Waals surface area contributed by atoms with Crippen LogP contribution in [-0.4, -0.2) is 30.1 Å². The monoisotopic (exact) mass is 328 g/mol. The third kappa shape index (κ3) is 4.55. The summed E-state index contributed by atoms with van der Waals surface area (Å²) in [4.78, 5) is 24.1. The molecule has 1 aromatic carbocycles. The molecular weight excluding hydrogens is 312 g/mol. The van der Waals surface area contributed by atoms with Crippen LogP contribution in [-0.2, 0) is 4.79 Å². The first kappa shape index (κ1) is 15.5. The number of amides is 1. The van der Waals surface area contributed by atoms with Gasteiger partial charge in [0.15, 0.2) is 0 Å². The van der Waals surface area contributed by atoms with E-state index >= 15 is 0 Å². The lowest BCUT2D eigenvalue weighted by Gasteiger charge is -2.26. The van der Waals surface area contributed by atoms with Crippen molar-refractivity contribution in [1.29, 1.82) is 0 Å². The Labute approximate surface area is 120 Å². The number of carboxylic acid groups (broad SMARTS) is 1. The molecule has 5 nitrogen and oxygen atoms in total. The van der Waals surface area contributed by atoms with Gasteiger partial charge in [-0.05, 0) is 24.1 Å². The summed E-state index contributed by atoms with van der Waals surface area (Å²) < 4.78 is 0.755. The molecule has 3 N–H and O–H groups in total. The van der Waals surface area contributed by atoms with Crippen LogP contribution in [0.3, 0.4) is 0 Å². The maximum atomic E-state index is 11.3. The summed E-state index contributed by atoms with van der Waals surface area (Å²) >= 11 is 3.31. The SMILES string of the molecule is CC(C)CN(CC(N)=O)c1cc(Br)ccc1C(=O)O. The molecule has 0 saturated carbocycles. The van der Waals surface area contributed by atoms with Gasteiger partial charge in [-0.1, -0.05) is 29.8 Å². The standard InChI is InChI=1S/C13H17BrN2O3/c1-8(2)6-16(7-12(15)17)11-5-9(14)3-4-10(11)13(18)19/h3-5,8H,6-7H2,1-2H3,(H2,15,17)(H,18,19). The van der Waals surface area contributed by atoms with Crippen molar-refractivity contribution in [3.8, 4) is 0 Å². The van der Waals surface area contributed by atoms with Gasteiger partial charge < -0.3 is 15.7 Å². The van der Waals surface area contributed by atoms with Gasteiger partial charge >= 0.3 is 5.97 Å². The van der Waals surface area contributed by atoms with Crippen molar-refractivity contribution in [3.05, 3.63) is 28.2 Å². The molecule has 0 unspecified atom stereocenters. The first-order valence-corrected chi connectivity index (χ1v) is 6.66. The Morgan fingerprint density at radius 3 is 2.53 bits per heavy atom. The number of primary amides is 1. The minimum Gasteiger partial charge on any atom is -0.478 e. The zero-order chi connectivity index (χ0) is 14.6. The predicted molar refractivity (Wildman–Crippen MR) is 77.3 cm³/mol. The molecule has 1 rings (SSSR count). The van der Waals surface area contributed by atoms with Gasteiger partial charge in [-0.15, -0.1) is 0 Å². The van der Waals surface area contributed by atoms with Crippen molar-refractivity contribution in [3.63, 3.8) is 0 Å². The van der Waals surface area contributed by atoms with Crippen LogP contribution in [0, 0.1) is 5.92 Å². The number of carbonyl (C=O) groups is 2. The highest BCUT2D eigenvalue weighted by Crippen LogP contribution is 2.26. The second-order valence-electron chi connectivity index (χ2n) is 4.71. The van der Waals surface area contributed by atoms with E-state index in [-0.39, 0.29) is 18.0 Å². The van der Waals surface area contributed by atoms with Crippen LogP contribution in [0.1, 0.15) is 24.2 Å². The normalized spacial score (nSPS) is 10.5. The van der Waals surface area contributed by atoms with Crippen molar-refractivity contribution in [2.45, 2.75) is 13.8 Å². The first-order chi connectivity index (χ1) is 8.81. The van der Waals surface area contributed by atoms with Crippen LogP contribution in [0.15, 0.2) is 22.7 Å². The second-order valence-corrected chi connectivity index (χ2v) is 5.62. The van der Waals surface area contributed by atoms with Crippen LogP contribution >= 0.6 is 15.9 Å². The van der Waals surface area contributed by atoms with Crippen molar-refractivity contribution in [2.75, 3.05) is 18.0 Å². The van der Waals surface area contributed by atoms with Gasteiger partial charge in [-0.2, -0.15) is 0 Å². The first-order valence-electron chi connectivity index (χ1n) is 5.87. The molecule has 0 saturated heterocycles. The van der Waals surface area contributed by atoms with E-state index in [0.717, 1.165) is 4.47 Å². The number of hydrogen-bond donors (Lipinski definition) is 2. The number of nitrogens with two attached hydrogens (primary N) is 1. The van der Waals surface area contributed by atoms with Gasteiger partial charge in [0.1, 0.15) is 0 Å². The van der Waals surface area contributed by atoms with E-state index < -0.39 is 11.9 Å². The summed E-state index contributed by atoms with van der Waals surface area (Å²) in [6.07, 6.45) is 0. The number of rotatable bonds is 6. The van der Waals surface area contributed by atoms with Crippen molar-refractivity contribution < 1.29 is 14.7 Å². The highest BCUT2D eigenvalue weighted by molar-refractivity contribution is 9.10. The number of aromatic carboxylic acids is 1. The molecule has 0 aliphatic heterocycles. The maximum absolute atomic E-state index is 11.3. The predicted octanol–water partition coefficient (Wildman–Crippen LogP) is 2.09. The third-order valence-electron chi connectivity index (χ3n) is 2.46. The van der Waals surface area contributed by atoms with E-state index in [1.54, 1.807) is 17.0 Å². The molecule has 0 radical (unpaired) electrons. The van der Waals surface area contributed by atoms with E-state index in [2.05, 4.69) is 15.9 Å². The lowest BCUT2D eigenvalue weighted by Crippen LogP contribution is -2.37. The Kier molecular flexibility index (Phi) is 5.35. The molecule has 19 heavy (non-hydrogen) atoms. The molecular formula is C13H17BrN2O3. The van der Waals surface area contributed by atoms with Gasteiger partial charge in [-0.25, -0.2) is 4.79 Å². The molecule has 1 aromatic rings. The Hall–Kier alpha value is -1.56. The molecule has 104 valence electrons. The number of nitrogens with zero attached hydrogens (tertiary/aromatic N) is 1. The Balaban J connectivity index is 3.22. The minimum absolute atomic E-state index is 0.00505. The van der Waals surface area contributed by atoms with Crippen molar-refractivity contribution >= 4 is 33.5 Å². The highest BCUT2D eigenvalue weighted by Gasteiger charge is 2.18. The molecule has 0 fully saturated rings. The molecule has 0 spiro atoms. The lowest BCUT2D eigenvalue weighted by molar-refractivity contribution is -0.116. The van der Waals surface area contributed by atoms with Gasteiger partial charge in [0.05, 0.1) is 17.8 Å². The molecule has 0 aliphatic rings. The average molecular weight is 329 g/mol. The Morgan fingerprint density at radius 1 is 1.42 bits per heavy atom. The Morgan fingerprint density at radius 2 is 2.05 bits per heavy atom. The zero-order valence-corrected chi connectivity index (χ0v) is 12.5. The van der Waals surface area contributed by atoms with Gasteiger partial charge in [-0.3, -0.25) is 4.79 Å². The van der Waals surface area contributed by atoms with Gasteiger partial charge in [0, 0.05) is 11.0 Å². The number of hydrogen-bond acceptors (Lipinski definition) is 3. The van der Waals surface area contributed by atoms with E-state index in [1.807, 2.05) is 13.8 Å². The average Bonchev–Trinajstić information content (AvgIpc) is 2.26. The molecule has 0 aromatic heterocycles. The van der Waals surface area contributed by atoms with Crippen LogP contribution in [0.5, 0.6) is 0 Å². The van der Waals surface area contributed by atoms with Crippen LogP contribution < -0.4 is 10.6 Å². The number of anilines is 1. The molecule has 0 heterocycles. The fourth-order valence-electron chi connectivity index (χ4n) is 1.82. The zero-order valence-electron chi connectivity index (χ0n) is 10.9. The van der Waals surface area contributed by atoms with Crippen molar-refractivity contribution in [2.24, 2.45) is 11.7 Å². The summed E-state index contributed by atoms with van der Waals surface area (Å²) in [5.74, 6) is -1.24. The van der Waals surface area contributed by atoms with E-state index in [9.17, 15) is 14.7 Å². The number of carboxylic acids is 1. The third-order valence-corrected chi connectivity index (χ3v) is 2.96. The van der Waals surface area contributed by atoms with E-state index in [4.69, 9.17) is 5.73 Å². The Bertz CT molecular complexity index is 489. The number of benzene rings is 1. The summed E-state index contributed by atoms with van der Waals surface area (Å²) in [6, 6.07) is 4.86. The minimum atomic E-state index is -1.03. The number of carbonyl (C=O) groups excluding carboxylic acids is 1. The molecule has 0 aliphatic carbocycles. The van der Waals surface area contributed by atoms with Gasteiger partial charge in [0.2, 0.25) is 5.91 Å². The van der Waals surface area contributed by atoms with Crippen LogP contribution in [0.25, 0.3) is 0 Å². The number of halogens is 1. The van der Waals surface area contributed by atoms with E-state index in [0.29, 0.717) is 12.2 Å². The van der Waals surface area contributed by atoms with Crippen molar-refractivity contribution in [1.82, 2.24) is 0 Å². The lowest BCUT2D eigenvalue weighted by atomic mass is 10.1. The molecule has 1 amide bonds.